The van der Waals surface area contributed by atoms with E-state index >= 15 is 0 Å². The molecule has 2 atom stereocenters. The van der Waals surface area contributed by atoms with E-state index in [0.29, 0.717) is 12.0 Å². The largest absolute Gasteiger partial charge is 0.349 e. The van der Waals surface area contributed by atoms with Crippen LogP contribution in [0.1, 0.15) is 36.9 Å². The first-order chi connectivity index (χ1) is 12.0. The Balaban J connectivity index is 1.64. The van der Waals surface area contributed by atoms with Crippen LogP contribution in [0, 0.1) is 21.8 Å². The Morgan fingerprint density at radius 3 is 3.04 bits per heavy atom. The van der Waals surface area contributed by atoms with E-state index in [2.05, 4.69) is 10.4 Å². The van der Waals surface area contributed by atoms with Crippen LogP contribution in [0.3, 0.4) is 0 Å². The number of nitrogens with zero attached hydrogens (tertiary/aromatic N) is 3. The highest BCUT2D eigenvalue weighted by molar-refractivity contribution is 5.76. The van der Waals surface area contributed by atoms with Crippen molar-refractivity contribution in [2.24, 2.45) is 5.92 Å². The molecule has 2 aromatic rings. The second kappa shape index (κ2) is 7.00. The van der Waals surface area contributed by atoms with Crippen LogP contribution in [0.2, 0.25) is 0 Å². The lowest BCUT2D eigenvalue weighted by Gasteiger charge is -2.32. The molecule has 0 spiro atoms. The Morgan fingerprint density at radius 2 is 2.32 bits per heavy atom. The maximum Gasteiger partial charge on any atom is 0.306 e. The van der Waals surface area contributed by atoms with E-state index in [1.807, 2.05) is 13.0 Å². The third-order valence-corrected chi connectivity index (χ3v) is 4.62. The van der Waals surface area contributed by atoms with E-state index in [4.69, 9.17) is 0 Å². The molecule has 1 amide bonds. The van der Waals surface area contributed by atoms with Gasteiger partial charge in [-0.2, -0.15) is 5.10 Å². The van der Waals surface area contributed by atoms with Crippen molar-refractivity contribution in [3.63, 3.8) is 0 Å². The maximum atomic E-state index is 14.0. The molecule has 0 aliphatic heterocycles. The number of amides is 1. The lowest BCUT2D eigenvalue weighted by Crippen LogP contribution is -2.36. The van der Waals surface area contributed by atoms with E-state index < -0.39 is 4.92 Å². The second-order valence-corrected chi connectivity index (χ2v) is 6.34. The molecule has 3 rings (SSSR count). The van der Waals surface area contributed by atoms with Gasteiger partial charge in [0.25, 0.3) is 0 Å². The van der Waals surface area contributed by atoms with Crippen molar-refractivity contribution < 1.29 is 14.1 Å². The molecule has 0 unspecified atom stereocenters. The summed E-state index contributed by atoms with van der Waals surface area (Å²) in [7, 11) is 0. The van der Waals surface area contributed by atoms with Crippen LogP contribution in [-0.2, 0) is 17.8 Å². The van der Waals surface area contributed by atoms with Gasteiger partial charge in [-0.3, -0.25) is 19.6 Å². The summed E-state index contributed by atoms with van der Waals surface area (Å²) in [5.74, 6) is -0.205. The van der Waals surface area contributed by atoms with Crippen molar-refractivity contribution in [1.82, 2.24) is 15.1 Å². The monoisotopic (exact) mass is 346 g/mol. The third kappa shape index (κ3) is 3.67. The highest BCUT2D eigenvalue weighted by Crippen LogP contribution is 2.35. The summed E-state index contributed by atoms with van der Waals surface area (Å²) < 4.78 is 15.3. The number of hydrogen-bond acceptors (Lipinski definition) is 4. The molecule has 1 aliphatic carbocycles. The first-order valence-corrected chi connectivity index (χ1v) is 8.19. The number of aryl methyl sites for hydroxylation is 1. The zero-order valence-electron chi connectivity index (χ0n) is 13.8. The number of benzene rings is 1. The molecule has 0 saturated carbocycles. The average molecular weight is 346 g/mol. The Bertz CT molecular complexity index is 805. The van der Waals surface area contributed by atoms with Gasteiger partial charge in [0.2, 0.25) is 5.91 Å². The summed E-state index contributed by atoms with van der Waals surface area (Å²) in [4.78, 5) is 22.4. The Labute approximate surface area is 144 Å². The first-order valence-electron chi connectivity index (χ1n) is 8.19. The molecule has 1 aliphatic rings. The smallest absolute Gasteiger partial charge is 0.306 e. The molecule has 0 saturated heterocycles. The van der Waals surface area contributed by atoms with Crippen molar-refractivity contribution in [1.29, 1.82) is 0 Å². The molecule has 0 radical (unpaired) electrons. The average Bonchev–Trinajstić information content (AvgIpc) is 3.05. The van der Waals surface area contributed by atoms with E-state index in [-0.39, 0.29) is 42.3 Å². The number of aromatic nitrogens is 2. The van der Waals surface area contributed by atoms with Crippen molar-refractivity contribution in [2.45, 2.75) is 38.8 Å². The van der Waals surface area contributed by atoms with Crippen LogP contribution in [0.4, 0.5) is 10.1 Å². The van der Waals surface area contributed by atoms with Gasteiger partial charge >= 0.3 is 5.69 Å². The standard InChI is InChI=1S/C17H19FN4O3/c1-11-5-6-13-14(3-2-4-15(13)18)17(11)20-16(23)7-8-21-10-12(9-19-21)22(24)25/h2-4,9-11,17H,5-8H2,1H3,(H,20,23)/t11-,17+/m1/s1. The van der Waals surface area contributed by atoms with Crippen LogP contribution in [-0.4, -0.2) is 20.6 Å². The zero-order valence-corrected chi connectivity index (χ0v) is 13.8. The molecule has 0 bridgehead atoms. The molecule has 1 N–H and O–H groups in total. The molecule has 1 aromatic carbocycles. The van der Waals surface area contributed by atoms with Gasteiger partial charge in [0.1, 0.15) is 18.2 Å². The van der Waals surface area contributed by atoms with Crippen molar-refractivity contribution in [2.75, 3.05) is 0 Å². The number of nitrogens with one attached hydrogen (secondary N) is 1. The van der Waals surface area contributed by atoms with Gasteiger partial charge in [0.15, 0.2) is 0 Å². The van der Waals surface area contributed by atoms with Gasteiger partial charge in [-0.1, -0.05) is 19.1 Å². The van der Waals surface area contributed by atoms with Crippen LogP contribution >= 0.6 is 0 Å². The van der Waals surface area contributed by atoms with E-state index in [9.17, 15) is 19.3 Å². The minimum atomic E-state index is -0.529. The minimum Gasteiger partial charge on any atom is -0.349 e. The number of rotatable bonds is 5. The van der Waals surface area contributed by atoms with Crippen molar-refractivity contribution in [3.8, 4) is 0 Å². The number of carbonyl (C=O) groups excluding carboxylic acids is 1. The van der Waals surface area contributed by atoms with Crippen LogP contribution in [0.25, 0.3) is 0 Å². The molecule has 1 heterocycles. The lowest BCUT2D eigenvalue weighted by atomic mass is 9.80. The minimum absolute atomic E-state index is 0.106. The SMILES string of the molecule is C[C@@H]1CCc2c(F)cccc2[C@H]1NC(=O)CCn1cc([N+](=O)[O-])cn1. The number of carbonyl (C=O) groups is 1. The zero-order chi connectivity index (χ0) is 18.0. The molecule has 8 heteroatoms. The first kappa shape index (κ1) is 17.1. The summed E-state index contributed by atoms with van der Waals surface area (Å²) in [6, 6.07) is 4.74. The van der Waals surface area contributed by atoms with Gasteiger partial charge in [0.05, 0.1) is 11.0 Å². The fourth-order valence-corrected chi connectivity index (χ4v) is 3.23. The Hall–Kier alpha value is -2.77. The van der Waals surface area contributed by atoms with E-state index in [1.165, 1.54) is 16.9 Å². The molecule has 1 aromatic heterocycles. The number of nitro groups is 1. The van der Waals surface area contributed by atoms with Gasteiger partial charge in [0, 0.05) is 13.0 Å². The van der Waals surface area contributed by atoms with Crippen molar-refractivity contribution in [3.05, 3.63) is 57.7 Å². The Kier molecular flexibility index (Phi) is 4.78. The predicted octanol–water partition coefficient (Wildman–Crippen LogP) is 2.76. The van der Waals surface area contributed by atoms with Gasteiger partial charge in [-0.15, -0.1) is 0 Å². The van der Waals surface area contributed by atoms with Crippen molar-refractivity contribution >= 4 is 11.6 Å². The molecular formula is C17H19FN4O3. The van der Waals surface area contributed by atoms with Gasteiger partial charge in [-0.05, 0) is 36.0 Å². The third-order valence-electron chi connectivity index (χ3n) is 4.62. The molecule has 132 valence electrons. The summed E-state index contributed by atoms with van der Waals surface area (Å²) in [5, 5.41) is 17.5. The fraction of sp³-hybridized carbons (Fsp3) is 0.412. The highest BCUT2D eigenvalue weighted by atomic mass is 19.1. The number of halogens is 1. The van der Waals surface area contributed by atoms with Crippen LogP contribution in [0.5, 0.6) is 0 Å². The highest BCUT2D eigenvalue weighted by Gasteiger charge is 2.29. The lowest BCUT2D eigenvalue weighted by molar-refractivity contribution is -0.385. The Morgan fingerprint density at radius 1 is 1.52 bits per heavy atom. The quantitative estimate of drug-likeness (QED) is 0.666. The molecule has 0 fully saturated rings. The predicted molar refractivity (Wildman–Crippen MR) is 88.3 cm³/mol. The van der Waals surface area contributed by atoms with Gasteiger partial charge in [-0.25, -0.2) is 4.39 Å². The van der Waals surface area contributed by atoms with E-state index in [0.717, 1.165) is 18.2 Å². The second-order valence-electron chi connectivity index (χ2n) is 6.34. The summed E-state index contributed by atoms with van der Waals surface area (Å²) >= 11 is 0. The molecule has 25 heavy (non-hydrogen) atoms. The van der Waals surface area contributed by atoms with Gasteiger partial charge < -0.3 is 5.32 Å². The fourth-order valence-electron chi connectivity index (χ4n) is 3.23. The number of fused-ring (bicyclic) bond motifs is 1. The van der Waals surface area contributed by atoms with Crippen LogP contribution in [0.15, 0.2) is 30.6 Å². The topological polar surface area (TPSA) is 90.1 Å². The maximum absolute atomic E-state index is 14.0. The summed E-state index contributed by atoms with van der Waals surface area (Å²) in [6.07, 6.45) is 4.07. The molecule has 7 nitrogen and oxygen atoms in total. The molecular weight excluding hydrogens is 327 g/mol. The number of hydrogen-bond donors (Lipinski definition) is 1. The van der Waals surface area contributed by atoms with Crippen LogP contribution < -0.4 is 5.32 Å². The normalized spacial score (nSPS) is 19.3. The summed E-state index contributed by atoms with van der Waals surface area (Å²) in [5.41, 5.74) is 1.40. The summed E-state index contributed by atoms with van der Waals surface area (Å²) in [6.45, 7) is 2.28. The van der Waals surface area contributed by atoms with E-state index in [1.54, 1.807) is 6.07 Å².